The predicted octanol–water partition coefficient (Wildman–Crippen LogP) is 3.22. The topological polar surface area (TPSA) is 63.9 Å². The fraction of sp³-hybridized carbons (Fsp3) is 0.810. The molecule has 1 N–H and O–H groups in total. The molecule has 3 unspecified atom stereocenters. The highest BCUT2D eigenvalue weighted by Crippen LogP contribution is 2.34. The molecule has 7 nitrogen and oxygen atoms in total. The van der Waals surface area contributed by atoms with Crippen molar-refractivity contribution in [2.24, 2.45) is 23.4 Å². The Morgan fingerprint density at radius 1 is 1.31 bits per heavy atom. The van der Waals surface area contributed by atoms with E-state index in [9.17, 15) is 0 Å². The minimum Gasteiger partial charge on any atom is -0.377 e. The molecule has 2 saturated heterocycles. The molecular weight excluding hydrogens is 481 g/mol. The zero-order valence-corrected chi connectivity index (χ0v) is 20.9. The highest BCUT2D eigenvalue weighted by Gasteiger charge is 2.35. The van der Waals surface area contributed by atoms with E-state index in [0.29, 0.717) is 12.5 Å². The summed E-state index contributed by atoms with van der Waals surface area (Å²) >= 11 is 0. The van der Waals surface area contributed by atoms with Gasteiger partial charge in [-0.2, -0.15) is 5.10 Å². The van der Waals surface area contributed by atoms with E-state index < -0.39 is 0 Å². The van der Waals surface area contributed by atoms with Gasteiger partial charge in [0.1, 0.15) is 6.10 Å². The van der Waals surface area contributed by atoms with E-state index >= 15 is 0 Å². The van der Waals surface area contributed by atoms with E-state index in [1.807, 2.05) is 24.1 Å². The Hall–Kier alpha value is -0.870. The summed E-state index contributed by atoms with van der Waals surface area (Å²) in [5.41, 5.74) is 1.26. The van der Waals surface area contributed by atoms with E-state index in [-0.39, 0.29) is 41.6 Å². The highest BCUT2D eigenvalue weighted by molar-refractivity contribution is 14.0. The summed E-state index contributed by atoms with van der Waals surface area (Å²) in [7, 11) is 1.94. The minimum absolute atomic E-state index is 0. The zero-order chi connectivity index (χ0) is 20.1. The van der Waals surface area contributed by atoms with Crippen LogP contribution in [-0.2, 0) is 16.5 Å². The van der Waals surface area contributed by atoms with Gasteiger partial charge in [-0.05, 0) is 25.2 Å². The van der Waals surface area contributed by atoms with Gasteiger partial charge in [0.05, 0.1) is 25.5 Å². The Morgan fingerprint density at radius 2 is 2.10 bits per heavy atom. The van der Waals surface area contributed by atoms with Gasteiger partial charge in [0.2, 0.25) is 0 Å². The number of hydrogen-bond donors (Lipinski definition) is 1. The van der Waals surface area contributed by atoms with Crippen molar-refractivity contribution < 1.29 is 9.47 Å². The van der Waals surface area contributed by atoms with Crippen molar-refractivity contribution in [2.75, 3.05) is 39.4 Å². The first-order chi connectivity index (χ1) is 13.4. The van der Waals surface area contributed by atoms with Gasteiger partial charge in [-0.1, -0.05) is 20.8 Å². The molecule has 0 aromatic carbocycles. The molecule has 166 valence electrons. The van der Waals surface area contributed by atoms with Crippen LogP contribution in [0.25, 0.3) is 0 Å². The maximum Gasteiger partial charge on any atom is 0.194 e. The van der Waals surface area contributed by atoms with Gasteiger partial charge in [0, 0.05) is 51.0 Å². The summed E-state index contributed by atoms with van der Waals surface area (Å²) in [6.45, 7) is 13.8. The molecule has 1 aromatic heterocycles. The summed E-state index contributed by atoms with van der Waals surface area (Å²) < 4.78 is 14.0. The Balaban J connectivity index is 0.00000300. The third kappa shape index (κ3) is 6.55. The predicted molar refractivity (Wildman–Crippen MR) is 127 cm³/mol. The fourth-order valence-electron chi connectivity index (χ4n) is 4.27. The van der Waals surface area contributed by atoms with Crippen LogP contribution in [0.4, 0.5) is 0 Å². The first-order valence-electron chi connectivity index (χ1n) is 10.6. The number of rotatable bonds is 4. The maximum absolute atomic E-state index is 6.14. The molecule has 0 bridgehead atoms. The lowest BCUT2D eigenvalue weighted by Crippen LogP contribution is -2.48. The quantitative estimate of drug-likeness (QED) is 0.376. The van der Waals surface area contributed by atoms with Crippen LogP contribution >= 0.6 is 24.0 Å². The zero-order valence-electron chi connectivity index (χ0n) is 18.6. The van der Waals surface area contributed by atoms with E-state index in [1.165, 1.54) is 6.42 Å². The smallest absolute Gasteiger partial charge is 0.194 e. The molecule has 3 heterocycles. The molecule has 0 amide bonds. The lowest BCUT2D eigenvalue weighted by molar-refractivity contribution is -0.0824. The Labute approximate surface area is 192 Å². The van der Waals surface area contributed by atoms with Gasteiger partial charge in [-0.15, -0.1) is 24.0 Å². The Morgan fingerprint density at radius 3 is 2.76 bits per heavy atom. The third-order valence-corrected chi connectivity index (χ3v) is 5.57. The Bertz CT molecular complexity index is 658. The maximum atomic E-state index is 6.14. The number of halogens is 1. The first-order valence-corrected chi connectivity index (χ1v) is 10.6. The summed E-state index contributed by atoms with van der Waals surface area (Å²) in [5, 5.41) is 7.77. The summed E-state index contributed by atoms with van der Waals surface area (Å²) in [6, 6.07) is 0. The van der Waals surface area contributed by atoms with Crippen LogP contribution in [0.15, 0.2) is 17.4 Å². The van der Waals surface area contributed by atoms with Crippen LogP contribution in [0.3, 0.4) is 0 Å². The second kappa shape index (κ2) is 10.9. The number of aryl methyl sites for hydroxylation is 1. The molecule has 2 fully saturated rings. The second-order valence-corrected chi connectivity index (χ2v) is 9.01. The molecule has 0 saturated carbocycles. The lowest BCUT2D eigenvalue weighted by atomic mass is 9.78. The van der Waals surface area contributed by atoms with Crippen molar-refractivity contribution in [3.05, 3.63) is 18.0 Å². The SMILES string of the molecule is CCNC(=NCC1CCCOC1C(C)(C)C)N1CCOC(c2cnn(C)c2)C1.I. The molecule has 29 heavy (non-hydrogen) atoms. The number of ether oxygens (including phenoxy) is 2. The van der Waals surface area contributed by atoms with Gasteiger partial charge in [-0.25, -0.2) is 0 Å². The highest BCUT2D eigenvalue weighted by atomic mass is 127. The molecule has 8 heteroatoms. The number of hydrogen-bond acceptors (Lipinski definition) is 4. The van der Waals surface area contributed by atoms with Gasteiger partial charge in [0.25, 0.3) is 0 Å². The largest absolute Gasteiger partial charge is 0.377 e. The summed E-state index contributed by atoms with van der Waals surface area (Å²) in [5.74, 6) is 1.45. The van der Waals surface area contributed by atoms with E-state index in [0.717, 1.165) is 50.7 Å². The number of morpholine rings is 1. The normalized spacial score (nSPS) is 26.2. The number of aliphatic imine (C=N–C) groups is 1. The number of aromatic nitrogens is 2. The molecule has 0 radical (unpaired) electrons. The molecule has 1 aromatic rings. The lowest BCUT2D eigenvalue weighted by Gasteiger charge is -2.40. The van der Waals surface area contributed by atoms with Crippen molar-refractivity contribution in [1.29, 1.82) is 0 Å². The van der Waals surface area contributed by atoms with E-state index in [1.54, 1.807) is 0 Å². The average Bonchev–Trinajstić information content (AvgIpc) is 3.11. The standard InChI is InChI=1S/C21H37N5O2.HI/c1-6-22-20(23-12-16-8-7-10-28-19(16)21(2,3)4)26-9-11-27-18(15-26)17-13-24-25(5)14-17;/h13-14,16,18-19H,6-12,15H2,1-5H3,(H,22,23);1H. The van der Waals surface area contributed by atoms with Crippen molar-refractivity contribution in [3.8, 4) is 0 Å². The first kappa shape index (κ1) is 24.4. The van der Waals surface area contributed by atoms with E-state index in [2.05, 4.69) is 43.0 Å². The minimum atomic E-state index is 0. The van der Waals surface area contributed by atoms with Gasteiger partial charge in [-0.3, -0.25) is 9.67 Å². The molecule has 0 aliphatic carbocycles. The van der Waals surface area contributed by atoms with Crippen LogP contribution in [0.5, 0.6) is 0 Å². The molecule has 3 rings (SSSR count). The molecule has 2 aliphatic heterocycles. The van der Waals surface area contributed by atoms with E-state index in [4.69, 9.17) is 14.5 Å². The molecule has 3 atom stereocenters. The average molecular weight is 519 g/mol. The van der Waals surface area contributed by atoms with Crippen LogP contribution in [-0.4, -0.2) is 66.1 Å². The number of nitrogens with one attached hydrogen (secondary N) is 1. The number of nitrogens with zero attached hydrogens (tertiary/aromatic N) is 4. The Kier molecular flexibility index (Phi) is 9.21. The van der Waals surface area contributed by atoms with Crippen LogP contribution < -0.4 is 5.32 Å². The van der Waals surface area contributed by atoms with Crippen molar-refractivity contribution >= 4 is 29.9 Å². The van der Waals surface area contributed by atoms with Gasteiger partial charge < -0.3 is 19.7 Å². The van der Waals surface area contributed by atoms with Crippen LogP contribution in [0, 0.1) is 11.3 Å². The molecular formula is C21H38IN5O2. The van der Waals surface area contributed by atoms with Gasteiger partial charge >= 0.3 is 0 Å². The van der Waals surface area contributed by atoms with Crippen LogP contribution in [0.2, 0.25) is 0 Å². The fourth-order valence-corrected chi connectivity index (χ4v) is 4.27. The summed E-state index contributed by atoms with van der Waals surface area (Å²) in [4.78, 5) is 7.35. The van der Waals surface area contributed by atoms with Crippen molar-refractivity contribution in [1.82, 2.24) is 20.0 Å². The van der Waals surface area contributed by atoms with Crippen molar-refractivity contribution in [3.63, 3.8) is 0 Å². The van der Waals surface area contributed by atoms with Crippen LogP contribution in [0.1, 0.15) is 52.2 Å². The second-order valence-electron chi connectivity index (χ2n) is 9.01. The molecule has 2 aliphatic rings. The van der Waals surface area contributed by atoms with Crippen molar-refractivity contribution in [2.45, 2.75) is 52.7 Å². The monoisotopic (exact) mass is 519 g/mol. The van der Waals surface area contributed by atoms with Gasteiger partial charge in [0.15, 0.2) is 5.96 Å². The third-order valence-electron chi connectivity index (χ3n) is 5.57. The number of guanidine groups is 1. The summed E-state index contributed by atoms with van der Waals surface area (Å²) in [6.07, 6.45) is 6.54. The molecule has 0 spiro atoms.